The van der Waals surface area contributed by atoms with Crippen LogP contribution in [-0.4, -0.2) is 60.1 Å². The summed E-state index contributed by atoms with van der Waals surface area (Å²) in [6.45, 7) is 1.80. The molecule has 2 N–H and O–H groups in total. The summed E-state index contributed by atoms with van der Waals surface area (Å²) in [6.07, 6.45) is 1.56. The van der Waals surface area contributed by atoms with E-state index in [1.807, 2.05) is 28.2 Å². The molecule has 0 aliphatic rings. The molecule has 0 saturated heterocycles. The smallest absolute Gasteiger partial charge is 0.189 e. The molecular weight excluding hydrogens is 256 g/mol. The Morgan fingerprint density at radius 1 is 1.00 bits per heavy atom. The fourth-order valence-electron chi connectivity index (χ4n) is 0.546. The van der Waals surface area contributed by atoms with Crippen molar-refractivity contribution >= 4 is 46.6 Å². The number of nitrogens with one attached hydrogen (secondary N) is 2. The molecule has 0 spiro atoms. The summed E-state index contributed by atoms with van der Waals surface area (Å²) in [6, 6.07) is 0. The van der Waals surface area contributed by atoms with Crippen molar-refractivity contribution in [1.82, 2.24) is 20.7 Å². The van der Waals surface area contributed by atoms with E-state index in [2.05, 4.69) is 21.1 Å². The van der Waals surface area contributed by atoms with Crippen LogP contribution in [0.2, 0.25) is 0 Å². The van der Waals surface area contributed by atoms with E-state index in [0.717, 1.165) is 0 Å². The summed E-state index contributed by atoms with van der Waals surface area (Å²) < 4.78 is 0. The van der Waals surface area contributed by atoms with Crippen LogP contribution in [0.1, 0.15) is 6.92 Å². The molecule has 0 bridgehead atoms. The van der Waals surface area contributed by atoms with Crippen LogP contribution >= 0.6 is 24.4 Å². The molecule has 0 aromatic heterocycles. The van der Waals surface area contributed by atoms with Gasteiger partial charge in [-0.05, 0) is 31.4 Å². The Kier molecular flexibility index (Phi) is 7.31. The van der Waals surface area contributed by atoms with Crippen molar-refractivity contribution in [1.29, 1.82) is 0 Å². The Hall–Kier alpha value is -1.28. The third-order valence-electron chi connectivity index (χ3n) is 1.55. The molecule has 8 heteroatoms. The Bertz CT molecular complexity index is 334. The first-order valence-electron chi connectivity index (χ1n) is 4.86. The van der Waals surface area contributed by atoms with Crippen LogP contribution in [0.15, 0.2) is 10.2 Å². The molecule has 0 aliphatic heterocycles. The van der Waals surface area contributed by atoms with Gasteiger partial charge in [-0.1, -0.05) is 0 Å². The zero-order chi connectivity index (χ0) is 13.4. The SMILES string of the molecule is CC(/C=N\NC(=S)N(C)C)=N/NC(=S)N(C)C. The lowest BCUT2D eigenvalue weighted by Gasteiger charge is -2.12. The van der Waals surface area contributed by atoms with E-state index in [9.17, 15) is 0 Å². The molecular formula is C9H18N6S2. The predicted molar refractivity (Wildman–Crippen MR) is 80.4 cm³/mol. The first-order chi connectivity index (χ1) is 7.84. The molecule has 0 saturated carbocycles. The lowest BCUT2D eigenvalue weighted by molar-refractivity contribution is 0.605. The Labute approximate surface area is 113 Å². The van der Waals surface area contributed by atoms with Gasteiger partial charge >= 0.3 is 0 Å². The minimum atomic E-state index is 0.533. The standard InChI is InChI=1S/C9H18N6S2/c1-7(11-13-9(17)15(4)5)6-10-12-8(16)14(2)3/h6H,1-5H3,(H,12,16)(H,13,17)/b10-6-,11-7-. The van der Waals surface area contributed by atoms with E-state index in [4.69, 9.17) is 24.4 Å². The number of hydrogen-bond acceptors (Lipinski definition) is 4. The molecule has 96 valence electrons. The number of rotatable bonds is 3. The van der Waals surface area contributed by atoms with Crippen LogP contribution in [0.3, 0.4) is 0 Å². The fourth-order valence-corrected chi connectivity index (χ4v) is 0.644. The maximum absolute atomic E-state index is 5.00. The highest BCUT2D eigenvalue weighted by atomic mass is 32.1. The molecule has 0 aromatic carbocycles. The van der Waals surface area contributed by atoms with E-state index in [-0.39, 0.29) is 0 Å². The Morgan fingerprint density at radius 3 is 1.94 bits per heavy atom. The average molecular weight is 274 g/mol. The van der Waals surface area contributed by atoms with Crippen molar-refractivity contribution in [3.05, 3.63) is 0 Å². The molecule has 0 aromatic rings. The first-order valence-corrected chi connectivity index (χ1v) is 5.68. The fraction of sp³-hybridized carbons (Fsp3) is 0.556. The van der Waals surface area contributed by atoms with Gasteiger partial charge in [-0.25, -0.2) is 0 Å². The average Bonchev–Trinajstić information content (AvgIpc) is 2.25. The minimum Gasteiger partial charge on any atom is -0.354 e. The summed E-state index contributed by atoms with van der Waals surface area (Å²) >= 11 is 9.99. The van der Waals surface area contributed by atoms with Gasteiger partial charge in [0.15, 0.2) is 10.2 Å². The van der Waals surface area contributed by atoms with E-state index in [1.165, 1.54) is 0 Å². The molecule has 0 radical (unpaired) electrons. The van der Waals surface area contributed by atoms with Crippen molar-refractivity contribution in [3.63, 3.8) is 0 Å². The van der Waals surface area contributed by atoms with Crippen molar-refractivity contribution in [2.75, 3.05) is 28.2 Å². The highest BCUT2D eigenvalue weighted by Gasteiger charge is 1.96. The van der Waals surface area contributed by atoms with E-state index in [1.54, 1.807) is 22.9 Å². The van der Waals surface area contributed by atoms with Crippen molar-refractivity contribution < 1.29 is 0 Å². The van der Waals surface area contributed by atoms with Gasteiger partial charge in [-0.3, -0.25) is 10.9 Å². The highest BCUT2D eigenvalue weighted by Crippen LogP contribution is 1.80. The molecule has 0 unspecified atom stereocenters. The third kappa shape index (κ3) is 7.58. The van der Waals surface area contributed by atoms with Crippen LogP contribution in [0.4, 0.5) is 0 Å². The molecule has 0 heterocycles. The maximum Gasteiger partial charge on any atom is 0.189 e. The molecule has 0 atom stereocenters. The predicted octanol–water partition coefficient (Wildman–Crippen LogP) is 0.220. The van der Waals surface area contributed by atoms with Crippen molar-refractivity contribution in [2.24, 2.45) is 10.2 Å². The maximum atomic E-state index is 5.00. The number of hydrazone groups is 2. The normalized spacial score (nSPS) is 11.2. The Morgan fingerprint density at radius 2 is 1.47 bits per heavy atom. The van der Waals surface area contributed by atoms with Gasteiger partial charge in [-0.15, -0.1) is 0 Å². The zero-order valence-electron chi connectivity index (χ0n) is 10.7. The van der Waals surface area contributed by atoms with Gasteiger partial charge in [0.25, 0.3) is 0 Å². The molecule has 0 aliphatic carbocycles. The lowest BCUT2D eigenvalue weighted by Crippen LogP contribution is -2.32. The molecule has 0 amide bonds. The molecule has 6 nitrogen and oxygen atoms in total. The van der Waals surface area contributed by atoms with E-state index >= 15 is 0 Å². The molecule has 17 heavy (non-hydrogen) atoms. The van der Waals surface area contributed by atoms with Crippen molar-refractivity contribution in [2.45, 2.75) is 6.92 Å². The second-order valence-corrected chi connectivity index (χ2v) is 4.41. The second kappa shape index (κ2) is 7.91. The number of hydrogen-bond donors (Lipinski definition) is 2. The monoisotopic (exact) mass is 274 g/mol. The molecule has 0 rings (SSSR count). The van der Waals surface area contributed by atoms with E-state index < -0.39 is 0 Å². The number of nitrogens with zero attached hydrogens (tertiary/aromatic N) is 4. The van der Waals surface area contributed by atoms with Gasteiger partial charge in [0.2, 0.25) is 0 Å². The lowest BCUT2D eigenvalue weighted by atomic mass is 10.5. The summed E-state index contributed by atoms with van der Waals surface area (Å²) in [4.78, 5) is 3.50. The van der Waals surface area contributed by atoms with Crippen molar-refractivity contribution in [3.8, 4) is 0 Å². The Balaban J connectivity index is 4.12. The first kappa shape index (κ1) is 15.7. The van der Waals surface area contributed by atoms with Crippen LogP contribution in [0, 0.1) is 0 Å². The van der Waals surface area contributed by atoms with E-state index in [0.29, 0.717) is 15.9 Å². The summed E-state index contributed by atoms with van der Waals surface area (Å²) in [7, 11) is 7.35. The largest absolute Gasteiger partial charge is 0.354 e. The minimum absolute atomic E-state index is 0.533. The van der Waals surface area contributed by atoms with Crippen LogP contribution in [0.5, 0.6) is 0 Å². The topological polar surface area (TPSA) is 55.3 Å². The zero-order valence-corrected chi connectivity index (χ0v) is 12.3. The highest BCUT2D eigenvalue weighted by molar-refractivity contribution is 7.80. The van der Waals surface area contributed by atoms with Crippen LogP contribution < -0.4 is 10.9 Å². The molecule has 0 fully saturated rings. The van der Waals surface area contributed by atoms with Gasteiger partial charge in [0, 0.05) is 28.2 Å². The summed E-state index contributed by atoms with van der Waals surface area (Å²) in [5.74, 6) is 0. The van der Waals surface area contributed by atoms with Gasteiger partial charge < -0.3 is 9.80 Å². The summed E-state index contributed by atoms with van der Waals surface area (Å²) in [5.41, 5.74) is 6.11. The second-order valence-electron chi connectivity index (χ2n) is 3.63. The van der Waals surface area contributed by atoms with Gasteiger partial charge in [0.1, 0.15) is 0 Å². The quantitative estimate of drug-likeness (QED) is 0.436. The van der Waals surface area contributed by atoms with Crippen LogP contribution in [0.25, 0.3) is 0 Å². The summed E-state index contributed by atoms with van der Waals surface area (Å²) in [5, 5.41) is 9.02. The third-order valence-corrected chi connectivity index (χ3v) is 2.46. The van der Waals surface area contributed by atoms with Gasteiger partial charge in [0.05, 0.1) is 11.9 Å². The van der Waals surface area contributed by atoms with Gasteiger partial charge in [-0.2, -0.15) is 10.2 Å². The number of thiocarbonyl (C=S) groups is 2. The van der Waals surface area contributed by atoms with Crippen LogP contribution in [-0.2, 0) is 0 Å².